The van der Waals surface area contributed by atoms with E-state index in [4.69, 9.17) is 0 Å². The zero-order chi connectivity index (χ0) is 14.9. The van der Waals surface area contributed by atoms with E-state index in [1.807, 2.05) is 48.5 Å². The zero-order valence-electron chi connectivity index (χ0n) is 12.0. The molecule has 2 rings (SSSR count). The topological polar surface area (TPSA) is 47.3 Å². The molecule has 1 N–H and O–H groups in total. The van der Waals surface area contributed by atoms with Gasteiger partial charge in [0.25, 0.3) is 0 Å². The highest BCUT2D eigenvalue weighted by molar-refractivity contribution is 5.25. The smallest absolute Gasteiger partial charge is 0.0839 e. The molecule has 0 aliphatic rings. The molecule has 0 aliphatic carbocycles. The highest BCUT2D eigenvalue weighted by Gasteiger charge is 2.15. The molecule has 21 heavy (non-hydrogen) atoms. The molecule has 0 spiro atoms. The Morgan fingerprint density at radius 1 is 1.00 bits per heavy atom. The van der Waals surface area contributed by atoms with Gasteiger partial charge in [0.2, 0.25) is 0 Å². The van der Waals surface area contributed by atoms with Gasteiger partial charge < -0.3 is 5.11 Å². The van der Waals surface area contributed by atoms with E-state index >= 15 is 0 Å². The summed E-state index contributed by atoms with van der Waals surface area (Å²) in [6.45, 7) is 2.03. The molecule has 0 saturated carbocycles. The highest BCUT2D eigenvalue weighted by Crippen LogP contribution is 2.17. The van der Waals surface area contributed by atoms with Gasteiger partial charge in [-0.05, 0) is 11.1 Å². The molecular weight excluding hydrogens is 260 g/mol. The van der Waals surface area contributed by atoms with Crippen LogP contribution in [0.1, 0.15) is 17.0 Å². The number of nitrogens with zero attached hydrogens (tertiary/aromatic N) is 2. The summed E-state index contributed by atoms with van der Waals surface area (Å²) in [6.07, 6.45) is 0. The normalized spacial score (nSPS) is 12.0. The number of hydrogen-bond donors (Lipinski definition) is 1. The Hall–Kier alpha value is -2.15. The van der Waals surface area contributed by atoms with Crippen molar-refractivity contribution in [2.45, 2.75) is 12.5 Å². The lowest BCUT2D eigenvalue weighted by molar-refractivity contribution is 0.188. The van der Waals surface area contributed by atoms with Crippen LogP contribution >= 0.6 is 0 Å². The van der Waals surface area contributed by atoms with E-state index in [2.05, 4.69) is 23.1 Å². The first-order valence-electron chi connectivity index (χ1n) is 7.15. The Morgan fingerprint density at radius 2 is 1.62 bits per heavy atom. The van der Waals surface area contributed by atoms with Gasteiger partial charge in [0.15, 0.2) is 0 Å². The number of rotatable bonds is 7. The monoisotopic (exact) mass is 280 g/mol. The molecule has 0 aromatic heterocycles. The third kappa shape index (κ3) is 4.71. The van der Waals surface area contributed by atoms with Crippen LogP contribution in [0.2, 0.25) is 0 Å². The summed E-state index contributed by atoms with van der Waals surface area (Å²) >= 11 is 0. The zero-order valence-corrected chi connectivity index (χ0v) is 12.0. The Morgan fingerprint density at radius 3 is 2.19 bits per heavy atom. The molecule has 0 heterocycles. The summed E-state index contributed by atoms with van der Waals surface area (Å²) in [7, 11) is 0. The molecule has 1 atom stereocenters. The number of aliphatic hydroxyl groups excluding tert-OH is 1. The van der Waals surface area contributed by atoms with E-state index in [1.54, 1.807) is 0 Å². The molecule has 0 bridgehead atoms. The molecule has 3 heteroatoms. The minimum absolute atomic E-state index is 0.0970. The first-order valence-corrected chi connectivity index (χ1v) is 7.15. The van der Waals surface area contributed by atoms with Crippen LogP contribution < -0.4 is 0 Å². The molecule has 3 nitrogen and oxygen atoms in total. The quantitative estimate of drug-likeness (QED) is 0.848. The van der Waals surface area contributed by atoms with Crippen molar-refractivity contribution in [2.75, 3.05) is 19.7 Å². The fourth-order valence-corrected chi connectivity index (χ4v) is 2.38. The van der Waals surface area contributed by atoms with Crippen molar-refractivity contribution in [3.05, 3.63) is 71.8 Å². The predicted octanol–water partition coefficient (Wildman–Crippen LogP) is 2.79. The summed E-state index contributed by atoms with van der Waals surface area (Å²) in [6, 6.07) is 22.3. The van der Waals surface area contributed by atoms with Gasteiger partial charge in [-0.15, -0.1) is 0 Å². The number of benzene rings is 2. The molecule has 0 aliphatic heterocycles. The average Bonchev–Trinajstić information content (AvgIpc) is 2.54. The van der Waals surface area contributed by atoms with Crippen LogP contribution in [-0.2, 0) is 6.54 Å². The van der Waals surface area contributed by atoms with Crippen LogP contribution in [0.4, 0.5) is 0 Å². The van der Waals surface area contributed by atoms with Gasteiger partial charge in [-0.1, -0.05) is 60.7 Å². The number of aliphatic hydroxyl groups is 1. The summed E-state index contributed by atoms with van der Waals surface area (Å²) in [4.78, 5) is 2.12. The molecule has 108 valence electrons. The average molecular weight is 280 g/mol. The van der Waals surface area contributed by atoms with Crippen LogP contribution in [0, 0.1) is 11.3 Å². The molecule has 0 radical (unpaired) electrons. The summed E-state index contributed by atoms with van der Waals surface area (Å²) in [5.74, 6) is -0.179. The van der Waals surface area contributed by atoms with Gasteiger partial charge in [0.05, 0.1) is 18.6 Å². The molecule has 1 unspecified atom stereocenters. The third-order valence-corrected chi connectivity index (χ3v) is 3.46. The molecule has 0 fully saturated rings. The fraction of sp³-hybridized carbons (Fsp3) is 0.278. The first-order chi connectivity index (χ1) is 10.3. The Bertz CT molecular complexity index is 563. The van der Waals surface area contributed by atoms with Crippen LogP contribution in [-0.4, -0.2) is 29.7 Å². The summed E-state index contributed by atoms with van der Waals surface area (Å²) < 4.78 is 0. The first kappa shape index (κ1) is 15.2. The van der Waals surface area contributed by atoms with E-state index in [0.717, 1.165) is 12.1 Å². The minimum Gasteiger partial charge on any atom is -0.395 e. The second kappa shape index (κ2) is 8.21. The summed E-state index contributed by atoms with van der Waals surface area (Å²) in [5, 5.41) is 18.7. The lowest BCUT2D eigenvalue weighted by Gasteiger charge is -2.24. The van der Waals surface area contributed by atoms with Crippen molar-refractivity contribution in [1.29, 1.82) is 5.26 Å². The van der Waals surface area contributed by atoms with Gasteiger partial charge in [0.1, 0.15) is 0 Å². The maximum absolute atomic E-state index is 9.42. The van der Waals surface area contributed by atoms with Crippen LogP contribution in [0.3, 0.4) is 0 Å². The maximum atomic E-state index is 9.42. The van der Waals surface area contributed by atoms with Crippen molar-refractivity contribution in [3.63, 3.8) is 0 Å². The largest absolute Gasteiger partial charge is 0.395 e. The van der Waals surface area contributed by atoms with Crippen molar-refractivity contribution in [1.82, 2.24) is 4.90 Å². The Kier molecular flexibility index (Phi) is 5.96. The number of nitriles is 1. The van der Waals surface area contributed by atoms with Gasteiger partial charge in [-0.3, -0.25) is 4.90 Å². The lowest BCUT2D eigenvalue weighted by Crippen LogP contribution is -2.30. The second-order valence-electron chi connectivity index (χ2n) is 5.04. The van der Waals surface area contributed by atoms with Gasteiger partial charge >= 0.3 is 0 Å². The summed E-state index contributed by atoms with van der Waals surface area (Å²) in [5.41, 5.74) is 2.21. The second-order valence-corrected chi connectivity index (χ2v) is 5.04. The fourth-order valence-electron chi connectivity index (χ4n) is 2.38. The van der Waals surface area contributed by atoms with Crippen molar-refractivity contribution in [3.8, 4) is 6.07 Å². The van der Waals surface area contributed by atoms with Crippen molar-refractivity contribution in [2.24, 2.45) is 0 Å². The highest BCUT2D eigenvalue weighted by atomic mass is 16.3. The number of hydrogen-bond acceptors (Lipinski definition) is 3. The molecule has 2 aromatic rings. The van der Waals surface area contributed by atoms with Crippen molar-refractivity contribution >= 4 is 0 Å². The van der Waals surface area contributed by atoms with Crippen LogP contribution in [0.15, 0.2) is 60.7 Å². The Labute approximate surface area is 126 Å². The van der Waals surface area contributed by atoms with E-state index in [9.17, 15) is 10.4 Å². The van der Waals surface area contributed by atoms with Crippen LogP contribution in [0.5, 0.6) is 0 Å². The van der Waals surface area contributed by atoms with E-state index < -0.39 is 0 Å². The lowest BCUT2D eigenvalue weighted by atomic mass is 10.00. The van der Waals surface area contributed by atoms with Gasteiger partial charge in [-0.25, -0.2) is 0 Å². The van der Waals surface area contributed by atoms with E-state index in [-0.39, 0.29) is 12.5 Å². The van der Waals surface area contributed by atoms with Gasteiger partial charge in [0, 0.05) is 19.6 Å². The van der Waals surface area contributed by atoms with E-state index in [1.165, 1.54) is 5.56 Å². The molecule has 2 aromatic carbocycles. The third-order valence-electron chi connectivity index (χ3n) is 3.46. The molecule has 0 saturated heterocycles. The standard InChI is InChI=1S/C18H20N2O/c19-13-18(17-9-5-2-6-10-17)15-20(11-12-21)14-16-7-3-1-4-8-16/h1-10,18,21H,11-12,14-15H2. The van der Waals surface area contributed by atoms with Crippen molar-refractivity contribution < 1.29 is 5.11 Å². The predicted molar refractivity (Wildman–Crippen MR) is 83.6 cm³/mol. The minimum atomic E-state index is -0.179. The SMILES string of the molecule is N#CC(CN(CCO)Cc1ccccc1)c1ccccc1. The molecule has 0 amide bonds. The Balaban J connectivity index is 2.06. The van der Waals surface area contributed by atoms with Crippen LogP contribution in [0.25, 0.3) is 0 Å². The maximum Gasteiger partial charge on any atom is 0.0839 e. The van der Waals surface area contributed by atoms with Gasteiger partial charge in [-0.2, -0.15) is 5.26 Å². The molecular formula is C18H20N2O. The van der Waals surface area contributed by atoms with E-state index in [0.29, 0.717) is 13.1 Å².